The maximum absolute atomic E-state index is 12.9. The van der Waals surface area contributed by atoms with Gasteiger partial charge < -0.3 is 9.80 Å². The minimum absolute atomic E-state index is 0.186. The van der Waals surface area contributed by atoms with E-state index in [1.807, 2.05) is 76.4 Å². The highest BCUT2D eigenvalue weighted by molar-refractivity contribution is 8.00. The maximum atomic E-state index is 12.9. The van der Waals surface area contributed by atoms with E-state index >= 15 is 0 Å². The van der Waals surface area contributed by atoms with Gasteiger partial charge in [0, 0.05) is 37.0 Å². The third kappa shape index (κ3) is 5.23. The van der Waals surface area contributed by atoms with E-state index in [2.05, 4.69) is 23.8 Å². The average Bonchev–Trinajstić information content (AvgIpc) is 3.37. The minimum atomic E-state index is 0.186. The fourth-order valence-corrected chi connectivity index (χ4v) is 5.43. The van der Waals surface area contributed by atoms with E-state index < -0.39 is 0 Å². The third-order valence-electron chi connectivity index (χ3n) is 6.63. The van der Waals surface area contributed by atoms with E-state index in [9.17, 15) is 4.79 Å². The molecule has 1 saturated heterocycles. The Balaban J connectivity index is 1.36. The Hall–Kier alpha value is -3.39. The minimum Gasteiger partial charge on any atom is -0.352 e. The van der Waals surface area contributed by atoms with Gasteiger partial charge in [0.1, 0.15) is 11.6 Å². The van der Waals surface area contributed by atoms with Crippen LogP contribution in [-0.2, 0) is 4.79 Å². The van der Waals surface area contributed by atoms with Crippen molar-refractivity contribution >= 4 is 34.5 Å². The molecule has 2 aromatic carbocycles. The van der Waals surface area contributed by atoms with Crippen LogP contribution in [0, 0.1) is 0 Å². The lowest BCUT2D eigenvalue weighted by molar-refractivity contribution is -0.128. The average molecular weight is 501 g/mol. The molecule has 0 aliphatic carbocycles. The molecular formula is C28H32N6OS. The van der Waals surface area contributed by atoms with Gasteiger partial charge in [-0.3, -0.25) is 4.79 Å². The number of hydrogen-bond acceptors (Lipinski definition) is 6. The summed E-state index contributed by atoms with van der Waals surface area (Å²) < 4.78 is 1.91. The zero-order chi connectivity index (χ0) is 24.9. The van der Waals surface area contributed by atoms with Gasteiger partial charge in [-0.25, -0.2) is 14.6 Å². The largest absolute Gasteiger partial charge is 0.352 e. The Morgan fingerprint density at radius 3 is 2.36 bits per heavy atom. The molecule has 0 bridgehead atoms. The van der Waals surface area contributed by atoms with E-state index in [1.54, 1.807) is 11.8 Å². The molecule has 3 heterocycles. The van der Waals surface area contributed by atoms with Gasteiger partial charge >= 0.3 is 0 Å². The molecule has 1 amide bonds. The summed E-state index contributed by atoms with van der Waals surface area (Å²) in [5.41, 5.74) is 1.82. The fourth-order valence-electron chi connectivity index (χ4n) is 4.61. The molecule has 0 saturated carbocycles. The number of nitrogens with zero attached hydrogens (tertiary/aromatic N) is 6. The van der Waals surface area contributed by atoms with Crippen molar-refractivity contribution in [3.05, 3.63) is 72.7 Å². The first-order valence-electron chi connectivity index (χ1n) is 12.7. The predicted octanol–water partition coefficient (Wildman–Crippen LogP) is 5.16. The van der Waals surface area contributed by atoms with Gasteiger partial charge in [0.2, 0.25) is 5.91 Å². The first-order chi connectivity index (χ1) is 17.6. The monoisotopic (exact) mass is 500 g/mol. The summed E-state index contributed by atoms with van der Waals surface area (Å²) in [6.45, 7) is 7.24. The number of aromatic nitrogens is 4. The number of carbonyl (C=O) groups is 1. The number of hydrogen-bond donors (Lipinski definition) is 0. The Kier molecular flexibility index (Phi) is 7.51. The molecule has 1 atom stereocenters. The normalized spacial score (nSPS) is 14.8. The van der Waals surface area contributed by atoms with E-state index in [4.69, 9.17) is 9.97 Å². The molecule has 0 spiro atoms. The summed E-state index contributed by atoms with van der Waals surface area (Å²) in [5, 5.41) is 5.63. The Morgan fingerprint density at radius 1 is 0.972 bits per heavy atom. The molecule has 0 radical (unpaired) electrons. The maximum Gasteiger partial charge on any atom is 0.233 e. The second-order valence-electron chi connectivity index (χ2n) is 9.19. The number of para-hydroxylation sites is 1. The molecule has 1 aliphatic heterocycles. The van der Waals surface area contributed by atoms with E-state index in [1.165, 1.54) is 0 Å². The highest BCUT2D eigenvalue weighted by Crippen LogP contribution is 2.30. The molecule has 36 heavy (non-hydrogen) atoms. The number of piperazine rings is 1. The van der Waals surface area contributed by atoms with Crippen LogP contribution in [0.4, 0.5) is 5.82 Å². The van der Waals surface area contributed by atoms with Crippen LogP contribution in [-0.4, -0.2) is 62.5 Å². The molecule has 1 fully saturated rings. The van der Waals surface area contributed by atoms with Gasteiger partial charge in [-0.2, -0.15) is 5.10 Å². The Morgan fingerprint density at radius 2 is 1.67 bits per heavy atom. The van der Waals surface area contributed by atoms with Crippen molar-refractivity contribution in [3.63, 3.8) is 0 Å². The lowest BCUT2D eigenvalue weighted by Gasteiger charge is -2.35. The van der Waals surface area contributed by atoms with Crippen LogP contribution < -0.4 is 4.90 Å². The standard InChI is InChI=1S/C28H32N6OS/c1-3-10-21(2)26-30-27(24-19-29-34(28(24)31-26)22-11-6-4-7-12-22)33-17-15-32(16-18-33)25(35)20-36-23-13-8-5-9-14-23/h4-9,11-14,19,21H,3,10,15-18,20H2,1-2H3. The van der Waals surface area contributed by atoms with E-state index in [0.29, 0.717) is 18.8 Å². The first-order valence-corrected chi connectivity index (χ1v) is 13.6. The van der Waals surface area contributed by atoms with Crippen molar-refractivity contribution in [1.29, 1.82) is 0 Å². The van der Waals surface area contributed by atoms with Gasteiger partial charge in [0.25, 0.3) is 0 Å². The molecular weight excluding hydrogens is 468 g/mol. The second-order valence-corrected chi connectivity index (χ2v) is 10.2. The molecule has 7 nitrogen and oxygen atoms in total. The summed E-state index contributed by atoms with van der Waals surface area (Å²) >= 11 is 1.60. The van der Waals surface area contributed by atoms with Crippen molar-refractivity contribution in [1.82, 2.24) is 24.6 Å². The molecule has 0 N–H and O–H groups in total. The SMILES string of the molecule is CCCC(C)c1nc(N2CCN(C(=O)CSc3ccccc3)CC2)c2cnn(-c3ccccc3)c2n1. The van der Waals surface area contributed by atoms with Crippen molar-refractivity contribution in [2.75, 3.05) is 36.8 Å². The zero-order valence-electron chi connectivity index (χ0n) is 20.9. The number of carbonyl (C=O) groups excluding carboxylic acids is 1. The number of amides is 1. The summed E-state index contributed by atoms with van der Waals surface area (Å²) in [7, 11) is 0. The lowest BCUT2D eigenvalue weighted by atomic mass is 10.1. The van der Waals surface area contributed by atoms with Crippen molar-refractivity contribution in [2.45, 2.75) is 37.5 Å². The molecule has 186 valence electrons. The first kappa shape index (κ1) is 24.3. The van der Waals surface area contributed by atoms with Crippen LogP contribution >= 0.6 is 11.8 Å². The van der Waals surface area contributed by atoms with Crippen LogP contribution in [0.3, 0.4) is 0 Å². The zero-order valence-corrected chi connectivity index (χ0v) is 21.7. The van der Waals surface area contributed by atoms with Gasteiger partial charge in [-0.15, -0.1) is 11.8 Å². The Bertz CT molecular complexity index is 1300. The van der Waals surface area contributed by atoms with Crippen molar-refractivity contribution in [2.24, 2.45) is 0 Å². The smallest absolute Gasteiger partial charge is 0.233 e. The third-order valence-corrected chi connectivity index (χ3v) is 7.62. The quantitative estimate of drug-likeness (QED) is 0.311. The molecule has 4 aromatic rings. The van der Waals surface area contributed by atoms with Crippen LogP contribution in [0.15, 0.2) is 71.8 Å². The van der Waals surface area contributed by atoms with Crippen LogP contribution in [0.2, 0.25) is 0 Å². The van der Waals surface area contributed by atoms with Crippen LogP contribution in [0.25, 0.3) is 16.7 Å². The number of thioether (sulfide) groups is 1. The summed E-state index contributed by atoms with van der Waals surface area (Å²) in [4.78, 5) is 28.3. The summed E-state index contributed by atoms with van der Waals surface area (Å²) in [5.74, 6) is 2.69. The van der Waals surface area contributed by atoms with Gasteiger partial charge in [0.05, 0.1) is 23.0 Å². The Labute approximate surface area is 216 Å². The van der Waals surface area contributed by atoms with E-state index in [-0.39, 0.29) is 11.8 Å². The summed E-state index contributed by atoms with van der Waals surface area (Å²) in [6, 6.07) is 20.2. The predicted molar refractivity (Wildman–Crippen MR) is 146 cm³/mol. The van der Waals surface area contributed by atoms with Gasteiger partial charge in [-0.1, -0.05) is 56.7 Å². The number of rotatable bonds is 8. The molecule has 1 unspecified atom stereocenters. The van der Waals surface area contributed by atoms with Crippen LogP contribution in [0.5, 0.6) is 0 Å². The lowest BCUT2D eigenvalue weighted by Crippen LogP contribution is -2.49. The second kappa shape index (κ2) is 11.1. The van der Waals surface area contributed by atoms with E-state index in [0.717, 1.165) is 59.2 Å². The highest BCUT2D eigenvalue weighted by Gasteiger charge is 2.26. The molecule has 5 rings (SSSR count). The van der Waals surface area contributed by atoms with Crippen molar-refractivity contribution < 1.29 is 4.79 Å². The van der Waals surface area contributed by atoms with Crippen molar-refractivity contribution in [3.8, 4) is 5.69 Å². The topological polar surface area (TPSA) is 67.2 Å². The summed E-state index contributed by atoms with van der Waals surface area (Å²) in [6.07, 6.45) is 3.99. The highest BCUT2D eigenvalue weighted by atomic mass is 32.2. The molecule has 2 aromatic heterocycles. The fraction of sp³-hybridized carbons (Fsp3) is 0.357. The molecule has 1 aliphatic rings. The number of anilines is 1. The number of fused-ring (bicyclic) bond motifs is 1. The molecule has 8 heteroatoms. The van der Waals surface area contributed by atoms with Gasteiger partial charge in [-0.05, 0) is 30.7 Å². The number of benzene rings is 2. The van der Waals surface area contributed by atoms with Gasteiger partial charge in [0.15, 0.2) is 5.65 Å². The van der Waals surface area contributed by atoms with Crippen LogP contribution in [0.1, 0.15) is 38.4 Å².